The molecule has 39 heavy (non-hydrogen) atoms. The van der Waals surface area contributed by atoms with Gasteiger partial charge in [-0.2, -0.15) is 0 Å². The summed E-state index contributed by atoms with van der Waals surface area (Å²) in [7, 11) is 0. The summed E-state index contributed by atoms with van der Waals surface area (Å²) in [5.74, 6) is -0.256. The number of fused-ring (bicyclic) bond motifs is 5. The summed E-state index contributed by atoms with van der Waals surface area (Å²) >= 11 is 0. The van der Waals surface area contributed by atoms with Gasteiger partial charge in [-0.1, -0.05) is 30.3 Å². The molecular formula is C31H31N3O5. The number of benzene rings is 2. The zero-order valence-electron chi connectivity index (χ0n) is 22.0. The van der Waals surface area contributed by atoms with Crippen LogP contribution in [0.25, 0.3) is 0 Å². The van der Waals surface area contributed by atoms with Crippen LogP contribution in [0.2, 0.25) is 0 Å². The molecular weight excluding hydrogens is 494 g/mol. The molecule has 2 aromatic rings. The fourth-order valence-corrected chi connectivity index (χ4v) is 6.24. The molecule has 3 aliphatic heterocycles. The number of carbonyl (C=O) groups is 2. The van der Waals surface area contributed by atoms with Gasteiger partial charge in [-0.15, -0.1) is 0 Å². The number of aryl methyl sites for hydroxylation is 1. The van der Waals surface area contributed by atoms with Crippen LogP contribution in [0.4, 0.5) is 5.69 Å². The number of hydrogen-bond donors (Lipinski definition) is 1. The van der Waals surface area contributed by atoms with Gasteiger partial charge >= 0.3 is 0 Å². The second-order valence-electron chi connectivity index (χ2n) is 10.8. The van der Waals surface area contributed by atoms with Crippen molar-refractivity contribution in [3.63, 3.8) is 0 Å². The van der Waals surface area contributed by atoms with Crippen molar-refractivity contribution in [1.82, 2.24) is 10.2 Å². The van der Waals surface area contributed by atoms with E-state index in [4.69, 9.17) is 19.2 Å². The van der Waals surface area contributed by atoms with Gasteiger partial charge in [0, 0.05) is 60.9 Å². The Hall–Kier alpha value is -3.59. The summed E-state index contributed by atoms with van der Waals surface area (Å²) in [5.41, 5.74) is 4.20. The lowest BCUT2D eigenvalue weighted by Gasteiger charge is -2.37. The zero-order valence-corrected chi connectivity index (χ0v) is 22.0. The van der Waals surface area contributed by atoms with E-state index in [1.165, 1.54) is 0 Å². The van der Waals surface area contributed by atoms with Crippen LogP contribution in [0.15, 0.2) is 70.6 Å². The van der Waals surface area contributed by atoms with E-state index in [-0.39, 0.29) is 17.4 Å². The van der Waals surface area contributed by atoms with Crippen molar-refractivity contribution in [2.75, 3.05) is 39.4 Å². The number of nitrogens with zero attached hydrogens (tertiary/aromatic N) is 2. The molecule has 0 bridgehead atoms. The van der Waals surface area contributed by atoms with Crippen molar-refractivity contribution in [2.45, 2.75) is 32.0 Å². The molecule has 5 aliphatic rings. The average molecular weight is 526 g/mol. The molecule has 8 nitrogen and oxygen atoms in total. The molecule has 2 saturated heterocycles. The number of piperidine rings is 1. The number of hydrogen-bond acceptors (Lipinski definition) is 8. The first-order valence-corrected chi connectivity index (χ1v) is 13.8. The maximum absolute atomic E-state index is 13.8. The van der Waals surface area contributed by atoms with Gasteiger partial charge in [0.05, 0.1) is 24.8 Å². The predicted octanol–water partition coefficient (Wildman–Crippen LogP) is 4.13. The molecule has 8 heteroatoms. The summed E-state index contributed by atoms with van der Waals surface area (Å²) in [6, 6.07) is 12.8. The Morgan fingerprint density at radius 2 is 1.82 bits per heavy atom. The van der Waals surface area contributed by atoms with E-state index in [9.17, 15) is 9.59 Å². The lowest BCUT2D eigenvalue weighted by Crippen LogP contribution is -2.45. The van der Waals surface area contributed by atoms with E-state index in [1.54, 1.807) is 24.3 Å². The van der Waals surface area contributed by atoms with Crippen LogP contribution in [0, 0.1) is 12.8 Å². The van der Waals surface area contributed by atoms with Gasteiger partial charge in [-0.3, -0.25) is 9.59 Å². The van der Waals surface area contributed by atoms with Crippen LogP contribution in [-0.2, 0) is 9.47 Å². The number of Topliss-reactive ketones (excluding diaryl/α,β-unsaturated/α-hetero) is 2. The lowest BCUT2D eigenvalue weighted by atomic mass is 9.72. The van der Waals surface area contributed by atoms with Crippen molar-refractivity contribution >= 4 is 23.0 Å². The van der Waals surface area contributed by atoms with Crippen molar-refractivity contribution in [2.24, 2.45) is 10.9 Å². The molecule has 7 rings (SSSR count). The summed E-state index contributed by atoms with van der Waals surface area (Å²) in [4.78, 5) is 34.8. The highest BCUT2D eigenvalue weighted by Gasteiger charge is 2.46. The number of carbonyl (C=O) groups excluding carboxylic acids is 2. The standard InChI is InChI=1S/C31H31N3O5/c1-19-7-8-22-24(17-19)39-25-18-23(32-11-4-12-34-13-9-31(10-14-34)37-15-16-38-31)26-27(28(25)33-22)30(36)21-6-3-2-5-20(21)29(26)35/h2-3,5-8,17-18,27,32H,4,9-16H2,1H3. The highest BCUT2D eigenvalue weighted by molar-refractivity contribution is 6.33. The van der Waals surface area contributed by atoms with Crippen LogP contribution in [-0.4, -0.2) is 67.4 Å². The Labute approximate surface area is 227 Å². The van der Waals surface area contributed by atoms with Crippen LogP contribution in [0.3, 0.4) is 0 Å². The number of likely N-dealkylation sites (tertiary alicyclic amines) is 1. The van der Waals surface area contributed by atoms with Gasteiger partial charge in [0.15, 0.2) is 28.9 Å². The first-order valence-electron chi connectivity index (χ1n) is 13.8. The summed E-state index contributed by atoms with van der Waals surface area (Å²) in [6.45, 7) is 6.84. The third-order valence-corrected chi connectivity index (χ3v) is 8.30. The Morgan fingerprint density at radius 3 is 2.62 bits per heavy atom. The SMILES string of the molecule is Cc1ccc2c(c1)OC1=CC(NCCCN3CCC4(CC3)OCCO4)=C3C(=O)c4ccccc4C(=O)C3C1=N2. The largest absolute Gasteiger partial charge is 0.453 e. The highest BCUT2D eigenvalue weighted by atomic mass is 16.7. The van der Waals surface area contributed by atoms with Gasteiger partial charge in [0.2, 0.25) is 0 Å². The van der Waals surface area contributed by atoms with Crippen molar-refractivity contribution in [1.29, 1.82) is 0 Å². The first kappa shape index (κ1) is 24.5. The van der Waals surface area contributed by atoms with E-state index in [0.29, 0.717) is 65.1 Å². The molecule has 2 fully saturated rings. The topological polar surface area (TPSA) is 89.5 Å². The Balaban J connectivity index is 1.14. The average Bonchev–Trinajstić information content (AvgIpc) is 3.41. The second-order valence-corrected chi connectivity index (χ2v) is 10.8. The molecule has 1 atom stereocenters. The van der Waals surface area contributed by atoms with Crippen molar-refractivity contribution in [3.8, 4) is 5.75 Å². The minimum Gasteiger partial charge on any atom is -0.453 e. The van der Waals surface area contributed by atoms with E-state index in [1.807, 2.05) is 31.2 Å². The Kier molecular flexibility index (Phi) is 5.99. The van der Waals surface area contributed by atoms with Crippen molar-refractivity contribution in [3.05, 3.63) is 82.3 Å². The molecule has 1 N–H and O–H groups in total. The Morgan fingerprint density at radius 1 is 1.05 bits per heavy atom. The molecule has 0 amide bonds. The summed E-state index contributed by atoms with van der Waals surface area (Å²) in [5, 5.41) is 3.48. The zero-order chi connectivity index (χ0) is 26.6. The molecule has 2 aliphatic carbocycles. The maximum atomic E-state index is 13.8. The van der Waals surface area contributed by atoms with Crippen LogP contribution in [0.1, 0.15) is 45.5 Å². The van der Waals surface area contributed by atoms with E-state index in [2.05, 4.69) is 10.2 Å². The quantitative estimate of drug-likeness (QED) is 0.588. The molecule has 0 radical (unpaired) electrons. The van der Waals surface area contributed by atoms with Crippen LogP contribution in [0.5, 0.6) is 5.75 Å². The smallest absolute Gasteiger partial charge is 0.192 e. The van der Waals surface area contributed by atoms with Crippen molar-refractivity contribution < 1.29 is 23.8 Å². The molecule has 1 spiro atoms. The minimum atomic E-state index is -0.797. The predicted molar refractivity (Wildman–Crippen MR) is 146 cm³/mol. The molecule has 200 valence electrons. The van der Waals surface area contributed by atoms with Gasteiger partial charge in [-0.25, -0.2) is 4.99 Å². The fourth-order valence-electron chi connectivity index (χ4n) is 6.24. The molecule has 3 heterocycles. The number of nitrogens with one attached hydrogen (secondary N) is 1. The molecule has 0 aromatic heterocycles. The number of ether oxygens (including phenoxy) is 3. The summed E-state index contributed by atoms with van der Waals surface area (Å²) in [6.07, 6.45) is 4.51. The highest BCUT2D eigenvalue weighted by Crippen LogP contribution is 2.43. The van der Waals surface area contributed by atoms with E-state index < -0.39 is 5.92 Å². The monoisotopic (exact) mass is 525 g/mol. The third kappa shape index (κ3) is 4.23. The van der Waals surface area contributed by atoms with Gasteiger partial charge in [0.1, 0.15) is 5.69 Å². The third-order valence-electron chi connectivity index (χ3n) is 8.30. The number of ketones is 2. The number of aliphatic imine (C=N–C) groups is 1. The molecule has 1 unspecified atom stereocenters. The normalized spacial score (nSPS) is 23.4. The first-order chi connectivity index (χ1) is 19.0. The van der Waals surface area contributed by atoms with Crippen LogP contribution >= 0.6 is 0 Å². The number of allylic oxidation sites excluding steroid dienone is 3. The second kappa shape index (κ2) is 9.55. The molecule has 2 aromatic carbocycles. The van der Waals surface area contributed by atoms with Gasteiger partial charge in [-0.05, 0) is 37.6 Å². The van der Waals surface area contributed by atoms with E-state index in [0.717, 1.165) is 44.5 Å². The number of rotatable bonds is 5. The van der Waals surface area contributed by atoms with Crippen LogP contribution < -0.4 is 10.1 Å². The molecule has 0 saturated carbocycles. The van der Waals surface area contributed by atoms with E-state index >= 15 is 0 Å². The minimum absolute atomic E-state index is 0.124. The maximum Gasteiger partial charge on any atom is 0.192 e. The Bertz CT molecular complexity index is 1460. The van der Waals surface area contributed by atoms with Gasteiger partial charge < -0.3 is 24.4 Å². The summed E-state index contributed by atoms with van der Waals surface area (Å²) < 4.78 is 18.0. The fraction of sp³-hybridized carbons (Fsp3) is 0.387. The lowest BCUT2D eigenvalue weighted by molar-refractivity contribution is -0.185. The van der Waals surface area contributed by atoms with Gasteiger partial charge in [0.25, 0.3) is 0 Å².